The van der Waals surface area contributed by atoms with Crippen molar-refractivity contribution in [3.63, 3.8) is 0 Å². The van der Waals surface area contributed by atoms with Gasteiger partial charge in [0.05, 0.1) is 0 Å². The summed E-state index contributed by atoms with van der Waals surface area (Å²) in [6.07, 6.45) is -1.78. The topological polar surface area (TPSA) is 88.8 Å². The minimum atomic E-state index is -1.20. The molecule has 0 spiro atoms. The van der Waals surface area contributed by atoms with Gasteiger partial charge in [0.25, 0.3) is 0 Å². The van der Waals surface area contributed by atoms with Crippen molar-refractivity contribution in [1.29, 1.82) is 0 Å². The van der Waals surface area contributed by atoms with E-state index in [4.69, 9.17) is 25.9 Å². The Labute approximate surface area is 88.8 Å². The summed E-state index contributed by atoms with van der Waals surface area (Å²) in [6.45, 7) is 0. The van der Waals surface area contributed by atoms with E-state index in [-0.39, 0.29) is 11.0 Å². The van der Waals surface area contributed by atoms with Crippen LogP contribution in [-0.2, 0) is 9.53 Å². The maximum Gasteiger partial charge on any atom is 0.408 e. The smallest absolute Gasteiger partial charge is 0.408 e. The molecule has 2 unspecified atom stereocenters. The number of amides is 1. The number of ether oxygens (including phenoxy) is 1. The molecule has 2 rings (SSSR count). The van der Waals surface area contributed by atoms with Crippen LogP contribution in [0.1, 0.15) is 11.9 Å². The second-order valence-electron chi connectivity index (χ2n) is 2.93. The SMILES string of the molecule is O=C1NC(C(=O)O)C(c2ccc(Cl)o2)O1. The number of rotatable bonds is 2. The standard InChI is InChI=1S/C8H6ClNO5/c9-4-2-1-3(14-4)6-5(7(11)12)10-8(13)15-6/h1-2,5-6H,(H,10,13)(H,11,12). The lowest BCUT2D eigenvalue weighted by molar-refractivity contribution is -0.140. The van der Waals surface area contributed by atoms with Gasteiger partial charge in [0.1, 0.15) is 5.76 Å². The van der Waals surface area contributed by atoms with Gasteiger partial charge in [-0.2, -0.15) is 0 Å². The van der Waals surface area contributed by atoms with Gasteiger partial charge in [0, 0.05) is 0 Å². The van der Waals surface area contributed by atoms with Gasteiger partial charge in [-0.3, -0.25) is 0 Å². The first kappa shape index (κ1) is 9.85. The van der Waals surface area contributed by atoms with E-state index in [1.807, 2.05) is 0 Å². The minimum Gasteiger partial charge on any atom is -0.480 e. The number of hydrogen-bond acceptors (Lipinski definition) is 4. The normalized spacial score (nSPS) is 24.7. The predicted molar refractivity (Wildman–Crippen MR) is 47.5 cm³/mol. The number of alkyl carbamates (subject to hydrolysis) is 1. The summed E-state index contributed by atoms with van der Waals surface area (Å²) < 4.78 is 9.73. The lowest BCUT2D eigenvalue weighted by atomic mass is 10.1. The summed E-state index contributed by atoms with van der Waals surface area (Å²) in [6, 6.07) is 1.75. The van der Waals surface area contributed by atoms with Crippen LogP contribution in [0.5, 0.6) is 0 Å². The summed E-state index contributed by atoms with van der Waals surface area (Å²) in [7, 11) is 0. The summed E-state index contributed by atoms with van der Waals surface area (Å²) in [5, 5.41) is 11.1. The fourth-order valence-corrected chi connectivity index (χ4v) is 1.47. The Morgan fingerprint density at radius 2 is 2.27 bits per heavy atom. The van der Waals surface area contributed by atoms with Gasteiger partial charge in [-0.1, -0.05) is 0 Å². The number of halogens is 1. The van der Waals surface area contributed by atoms with Crippen molar-refractivity contribution in [1.82, 2.24) is 5.32 Å². The van der Waals surface area contributed by atoms with E-state index >= 15 is 0 Å². The lowest BCUT2D eigenvalue weighted by Crippen LogP contribution is -2.35. The number of aliphatic carboxylic acids is 1. The number of carbonyl (C=O) groups excluding carboxylic acids is 1. The van der Waals surface area contributed by atoms with E-state index in [0.29, 0.717) is 0 Å². The third-order valence-electron chi connectivity index (χ3n) is 1.95. The number of furan rings is 1. The van der Waals surface area contributed by atoms with Gasteiger partial charge in [-0.25, -0.2) is 9.59 Å². The molecule has 2 heterocycles. The molecule has 0 bridgehead atoms. The summed E-state index contributed by atoms with van der Waals surface area (Å²) in [5.41, 5.74) is 0. The number of hydrogen-bond donors (Lipinski definition) is 2. The number of nitrogens with one attached hydrogen (secondary N) is 1. The molecule has 1 aliphatic heterocycles. The van der Waals surface area contributed by atoms with Crippen LogP contribution >= 0.6 is 11.6 Å². The van der Waals surface area contributed by atoms with Crippen molar-refractivity contribution in [3.05, 3.63) is 23.1 Å². The number of carboxylic acids is 1. The third kappa shape index (κ3) is 1.75. The highest BCUT2D eigenvalue weighted by Gasteiger charge is 2.42. The fraction of sp³-hybridized carbons (Fsp3) is 0.250. The Morgan fingerprint density at radius 1 is 1.53 bits per heavy atom. The quantitative estimate of drug-likeness (QED) is 0.798. The van der Waals surface area contributed by atoms with Gasteiger partial charge in [0.15, 0.2) is 17.4 Å². The molecule has 1 amide bonds. The van der Waals surface area contributed by atoms with E-state index in [1.54, 1.807) is 0 Å². The van der Waals surface area contributed by atoms with Crippen LogP contribution in [0, 0.1) is 0 Å². The first-order valence-electron chi connectivity index (χ1n) is 4.03. The molecule has 80 valence electrons. The summed E-state index contributed by atoms with van der Waals surface area (Å²) in [4.78, 5) is 21.6. The maximum atomic E-state index is 10.9. The fourth-order valence-electron chi connectivity index (χ4n) is 1.31. The van der Waals surface area contributed by atoms with Crippen molar-refractivity contribution < 1.29 is 23.8 Å². The third-order valence-corrected chi connectivity index (χ3v) is 2.15. The Hall–Kier alpha value is -1.69. The van der Waals surface area contributed by atoms with Crippen LogP contribution in [0.4, 0.5) is 4.79 Å². The summed E-state index contributed by atoms with van der Waals surface area (Å²) in [5.74, 6) is -0.996. The second-order valence-corrected chi connectivity index (χ2v) is 3.30. The van der Waals surface area contributed by atoms with Crippen LogP contribution in [0.25, 0.3) is 0 Å². The molecule has 1 aliphatic rings. The molecular weight excluding hydrogens is 226 g/mol. The van der Waals surface area contributed by atoms with E-state index in [2.05, 4.69) is 5.32 Å². The molecule has 1 fully saturated rings. The molecule has 2 N–H and O–H groups in total. The van der Waals surface area contributed by atoms with Crippen LogP contribution in [0.2, 0.25) is 5.22 Å². The van der Waals surface area contributed by atoms with Gasteiger partial charge in [-0.15, -0.1) is 0 Å². The van der Waals surface area contributed by atoms with Crippen molar-refractivity contribution in [2.75, 3.05) is 0 Å². The average Bonchev–Trinajstić information content (AvgIpc) is 2.71. The molecule has 1 saturated heterocycles. The molecule has 6 nitrogen and oxygen atoms in total. The molecule has 15 heavy (non-hydrogen) atoms. The van der Waals surface area contributed by atoms with Crippen molar-refractivity contribution in [3.8, 4) is 0 Å². The second kappa shape index (κ2) is 3.47. The highest BCUT2D eigenvalue weighted by molar-refractivity contribution is 6.28. The van der Waals surface area contributed by atoms with Crippen LogP contribution in [0.3, 0.4) is 0 Å². The van der Waals surface area contributed by atoms with Gasteiger partial charge in [0.2, 0.25) is 0 Å². The Morgan fingerprint density at radius 3 is 2.80 bits per heavy atom. The zero-order chi connectivity index (χ0) is 11.0. The Bertz CT molecular complexity index is 415. The highest BCUT2D eigenvalue weighted by atomic mass is 35.5. The van der Waals surface area contributed by atoms with Gasteiger partial charge >= 0.3 is 12.1 Å². The first-order valence-corrected chi connectivity index (χ1v) is 4.41. The predicted octanol–water partition coefficient (Wildman–Crippen LogP) is 1.17. The van der Waals surface area contributed by atoms with Gasteiger partial charge in [-0.05, 0) is 23.7 Å². The maximum absolute atomic E-state index is 10.9. The molecular formula is C8H6ClNO5. The van der Waals surface area contributed by atoms with E-state index in [0.717, 1.165) is 0 Å². The zero-order valence-corrected chi connectivity index (χ0v) is 8.02. The number of carboxylic acid groups (broad SMARTS) is 1. The summed E-state index contributed by atoms with van der Waals surface area (Å²) >= 11 is 5.53. The van der Waals surface area contributed by atoms with Crippen LogP contribution in [-0.4, -0.2) is 23.2 Å². The average molecular weight is 232 g/mol. The lowest BCUT2D eigenvalue weighted by Gasteiger charge is -2.09. The molecule has 2 atom stereocenters. The van der Waals surface area contributed by atoms with E-state index in [9.17, 15) is 9.59 Å². The molecule has 1 aromatic heterocycles. The van der Waals surface area contributed by atoms with Crippen molar-refractivity contribution >= 4 is 23.7 Å². The van der Waals surface area contributed by atoms with Crippen LogP contribution < -0.4 is 5.32 Å². The van der Waals surface area contributed by atoms with Crippen molar-refractivity contribution in [2.24, 2.45) is 0 Å². The van der Waals surface area contributed by atoms with Crippen molar-refractivity contribution in [2.45, 2.75) is 12.1 Å². The molecule has 7 heteroatoms. The molecule has 0 aromatic carbocycles. The Balaban J connectivity index is 2.27. The largest absolute Gasteiger partial charge is 0.480 e. The molecule has 0 saturated carbocycles. The molecule has 0 aliphatic carbocycles. The van der Waals surface area contributed by atoms with E-state index < -0.39 is 24.2 Å². The van der Waals surface area contributed by atoms with E-state index in [1.165, 1.54) is 12.1 Å². The highest BCUT2D eigenvalue weighted by Crippen LogP contribution is 2.29. The van der Waals surface area contributed by atoms with Crippen LogP contribution in [0.15, 0.2) is 16.5 Å². The zero-order valence-electron chi connectivity index (χ0n) is 7.27. The van der Waals surface area contributed by atoms with Gasteiger partial charge < -0.3 is 19.6 Å². The molecule has 0 radical (unpaired) electrons. The number of cyclic esters (lactones) is 1. The minimum absolute atomic E-state index is 0.108. The monoisotopic (exact) mass is 231 g/mol. The first-order chi connectivity index (χ1) is 7.08. The number of carbonyl (C=O) groups is 2. The molecule has 1 aromatic rings. The Kier molecular flexibility index (Phi) is 2.28.